The number of aryl methyl sites for hydroxylation is 1. The van der Waals surface area contributed by atoms with Gasteiger partial charge in [0.1, 0.15) is 5.52 Å². The van der Waals surface area contributed by atoms with Crippen LogP contribution >= 0.6 is 0 Å². The summed E-state index contributed by atoms with van der Waals surface area (Å²) >= 11 is 0. The highest BCUT2D eigenvalue weighted by Crippen LogP contribution is 2.08. The Kier molecular flexibility index (Phi) is 3.43. The van der Waals surface area contributed by atoms with E-state index < -0.39 is 0 Å². The second-order valence-corrected chi connectivity index (χ2v) is 2.39. The number of nitrogens with zero attached hydrogens (tertiary/aromatic N) is 3. The van der Waals surface area contributed by atoms with E-state index in [0.717, 1.165) is 17.6 Å². The number of imidazole rings is 1. The Morgan fingerprint density at radius 2 is 2.15 bits per heavy atom. The number of rotatable bonds is 1. The van der Waals surface area contributed by atoms with Crippen LogP contribution in [-0.2, 0) is 6.54 Å². The summed E-state index contributed by atoms with van der Waals surface area (Å²) in [7, 11) is 0. The SMILES string of the molecule is CC.CCn1cnc2cnccc21. The first-order valence-corrected chi connectivity index (χ1v) is 4.66. The molecule has 3 nitrogen and oxygen atoms in total. The highest BCUT2D eigenvalue weighted by atomic mass is 15.0. The molecule has 0 spiro atoms. The average Bonchev–Trinajstić information content (AvgIpc) is 2.64. The summed E-state index contributed by atoms with van der Waals surface area (Å²) < 4.78 is 2.09. The monoisotopic (exact) mass is 177 g/mol. The van der Waals surface area contributed by atoms with Gasteiger partial charge in [0.05, 0.1) is 18.0 Å². The van der Waals surface area contributed by atoms with Crippen molar-refractivity contribution in [1.82, 2.24) is 14.5 Å². The van der Waals surface area contributed by atoms with Crippen LogP contribution in [0, 0.1) is 0 Å². The van der Waals surface area contributed by atoms with Crippen molar-refractivity contribution in [3.8, 4) is 0 Å². The van der Waals surface area contributed by atoms with E-state index in [9.17, 15) is 0 Å². The van der Waals surface area contributed by atoms with Gasteiger partial charge in [-0.15, -0.1) is 0 Å². The molecule has 0 N–H and O–H groups in total. The van der Waals surface area contributed by atoms with Gasteiger partial charge in [0, 0.05) is 12.7 Å². The minimum atomic E-state index is 0.959. The van der Waals surface area contributed by atoms with Crippen molar-refractivity contribution in [3.63, 3.8) is 0 Å². The van der Waals surface area contributed by atoms with E-state index in [1.54, 1.807) is 12.4 Å². The van der Waals surface area contributed by atoms with E-state index in [2.05, 4.69) is 21.5 Å². The first kappa shape index (κ1) is 9.71. The van der Waals surface area contributed by atoms with E-state index in [1.807, 2.05) is 26.2 Å². The van der Waals surface area contributed by atoms with Gasteiger partial charge in [-0.25, -0.2) is 4.98 Å². The first-order valence-electron chi connectivity index (χ1n) is 4.66. The van der Waals surface area contributed by atoms with Crippen molar-refractivity contribution >= 4 is 11.0 Å². The van der Waals surface area contributed by atoms with Crippen LogP contribution in [0.3, 0.4) is 0 Å². The van der Waals surface area contributed by atoms with Gasteiger partial charge in [0.2, 0.25) is 0 Å². The molecule has 70 valence electrons. The predicted molar refractivity (Wildman–Crippen MR) is 54.6 cm³/mol. The Labute approximate surface area is 78.4 Å². The number of aromatic nitrogens is 3. The van der Waals surface area contributed by atoms with Crippen LogP contribution in [0.2, 0.25) is 0 Å². The molecule has 3 heteroatoms. The molecule has 0 aliphatic heterocycles. The molecule has 0 atom stereocenters. The van der Waals surface area contributed by atoms with Crippen LogP contribution in [0.1, 0.15) is 20.8 Å². The van der Waals surface area contributed by atoms with Gasteiger partial charge in [-0.1, -0.05) is 13.8 Å². The second-order valence-electron chi connectivity index (χ2n) is 2.39. The number of hydrogen-bond donors (Lipinski definition) is 0. The van der Waals surface area contributed by atoms with Gasteiger partial charge in [-0.2, -0.15) is 0 Å². The molecule has 0 saturated carbocycles. The van der Waals surface area contributed by atoms with Gasteiger partial charge in [-0.05, 0) is 13.0 Å². The molecule has 2 aromatic rings. The molecule has 0 unspecified atom stereocenters. The molecule has 0 fully saturated rings. The molecule has 2 rings (SSSR count). The number of fused-ring (bicyclic) bond motifs is 1. The van der Waals surface area contributed by atoms with Crippen molar-refractivity contribution < 1.29 is 0 Å². The normalized spacial score (nSPS) is 9.46. The van der Waals surface area contributed by atoms with Gasteiger partial charge in [0.15, 0.2) is 0 Å². The summed E-state index contributed by atoms with van der Waals surface area (Å²) in [6.07, 6.45) is 5.41. The van der Waals surface area contributed by atoms with Crippen molar-refractivity contribution in [2.45, 2.75) is 27.3 Å². The predicted octanol–water partition coefficient (Wildman–Crippen LogP) is 2.48. The zero-order chi connectivity index (χ0) is 9.68. The van der Waals surface area contributed by atoms with Crippen molar-refractivity contribution in [1.29, 1.82) is 0 Å². The summed E-state index contributed by atoms with van der Waals surface area (Å²) in [5.41, 5.74) is 2.12. The largest absolute Gasteiger partial charge is 0.331 e. The Morgan fingerprint density at radius 1 is 1.38 bits per heavy atom. The maximum atomic E-state index is 4.19. The standard InChI is InChI=1S/C8H9N3.C2H6/c1-2-11-6-10-7-5-9-4-3-8(7)11;1-2/h3-6H,2H2,1H3;1-2H3. The van der Waals surface area contributed by atoms with Crippen LogP contribution in [0.25, 0.3) is 11.0 Å². The van der Waals surface area contributed by atoms with E-state index in [4.69, 9.17) is 0 Å². The molecule has 0 saturated heterocycles. The van der Waals surface area contributed by atoms with Gasteiger partial charge in [0.25, 0.3) is 0 Å². The van der Waals surface area contributed by atoms with Gasteiger partial charge < -0.3 is 4.57 Å². The lowest BCUT2D eigenvalue weighted by molar-refractivity contribution is 0.787. The summed E-state index contributed by atoms with van der Waals surface area (Å²) in [4.78, 5) is 8.17. The molecule has 0 amide bonds. The summed E-state index contributed by atoms with van der Waals surface area (Å²) in [5.74, 6) is 0. The van der Waals surface area contributed by atoms with E-state index in [-0.39, 0.29) is 0 Å². The molecule has 0 aliphatic carbocycles. The lowest BCUT2D eigenvalue weighted by atomic mass is 10.4. The zero-order valence-corrected chi connectivity index (χ0v) is 8.36. The van der Waals surface area contributed by atoms with Crippen molar-refractivity contribution in [2.24, 2.45) is 0 Å². The third-order valence-corrected chi connectivity index (χ3v) is 1.76. The van der Waals surface area contributed by atoms with E-state index in [0.29, 0.717) is 0 Å². The summed E-state index contributed by atoms with van der Waals surface area (Å²) in [6.45, 7) is 7.06. The fourth-order valence-electron chi connectivity index (χ4n) is 1.17. The summed E-state index contributed by atoms with van der Waals surface area (Å²) in [5, 5.41) is 0. The maximum absolute atomic E-state index is 4.19. The molecular formula is C10H15N3. The van der Waals surface area contributed by atoms with Crippen LogP contribution in [0.15, 0.2) is 24.8 Å². The molecule has 2 aromatic heterocycles. The molecular weight excluding hydrogens is 162 g/mol. The quantitative estimate of drug-likeness (QED) is 0.670. The molecule has 13 heavy (non-hydrogen) atoms. The van der Waals surface area contributed by atoms with E-state index >= 15 is 0 Å². The van der Waals surface area contributed by atoms with Crippen LogP contribution in [0.5, 0.6) is 0 Å². The van der Waals surface area contributed by atoms with Crippen LogP contribution < -0.4 is 0 Å². The van der Waals surface area contributed by atoms with Crippen molar-refractivity contribution in [2.75, 3.05) is 0 Å². The molecule has 0 aliphatic rings. The van der Waals surface area contributed by atoms with Crippen LogP contribution in [-0.4, -0.2) is 14.5 Å². The summed E-state index contributed by atoms with van der Waals surface area (Å²) in [6, 6.07) is 1.98. The van der Waals surface area contributed by atoms with Crippen molar-refractivity contribution in [3.05, 3.63) is 24.8 Å². The smallest absolute Gasteiger partial charge is 0.107 e. The third-order valence-electron chi connectivity index (χ3n) is 1.76. The molecule has 0 radical (unpaired) electrons. The topological polar surface area (TPSA) is 30.7 Å². The highest BCUT2D eigenvalue weighted by Gasteiger charge is 1.97. The molecule has 0 aromatic carbocycles. The number of pyridine rings is 1. The minimum Gasteiger partial charge on any atom is -0.331 e. The Hall–Kier alpha value is -1.38. The Bertz CT molecular complexity index is 365. The fraction of sp³-hybridized carbons (Fsp3) is 0.400. The van der Waals surface area contributed by atoms with Gasteiger partial charge >= 0.3 is 0 Å². The molecule has 0 bridgehead atoms. The Morgan fingerprint density at radius 3 is 2.85 bits per heavy atom. The minimum absolute atomic E-state index is 0.959. The molecule has 2 heterocycles. The lowest BCUT2D eigenvalue weighted by Crippen LogP contribution is -1.89. The van der Waals surface area contributed by atoms with E-state index in [1.165, 1.54) is 0 Å². The van der Waals surface area contributed by atoms with Crippen LogP contribution in [0.4, 0.5) is 0 Å². The first-order chi connectivity index (χ1) is 6.42. The number of hydrogen-bond acceptors (Lipinski definition) is 2. The Balaban J connectivity index is 0.000000396. The lowest BCUT2D eigenvalue weighted by Gasteiger charge is -1.95. The average molecular weight is 177 g/mol. The zero-order valence-electron chi connectivity index (χ0n) is 8.36. The highest BCUT2D eigenvalue weighted by molar-refractivity contribution is 5.73. The second kappa shape index (κ2) is 4.60. The van der Waals surface area contributed by atoms with Gasteiger partial charge in [-0.3, -0.25) is 4.98 Å². The third kappa shape index (κ3) is 1.86. The fourth-order valence-corrected chi connectivity index (χ4v) is 1.17. The maximum Gasteiger partial charge on any atom is 0.107 e.